The average molecular weight is 482 g/mol. The van der Waals surface area contributed by atoms with Crippen molar-refractivity contribution in [1.82, 2.24) is 4.57 Å². The minimum absolute atomic E-state index is 0.0180. The number of methoxy groups -OCH3 is 1. The van der Waals surface area contributed by atoms with E-state index in [1.54, 1.807) is 18.2 Å². The summed E-state index contributed by atoms with van der Waals surface area (Å²) in [5.74, 6) is 0.420. The lowest BCUT2D eigenvalue weighted by Crippen LogP contribution is -2.09. The van der Waals surface area contributed by atoms with Crippen molar-refractivity contribution in [1.29, 1.82) is 0 Å². The standard InChI is InChI=1S/C23H25Cl2NO6/c1-4-29-13-31-21-15(10-16(24)11-19(21)25)12-26-9-8-17-20(26)7-6-18(23(27)28-3)22(17)32-14-30-5-2/h6-11H,4-5,12-14H2,1-3H3. The molecule has 0 atom stereocenters. The molecule has 0 aliphatic rings. The van der Waals surface area contributed by atoms with Gasteiger partial charge in [0.25, 0.3) is 0 Å². The number of halogens is 2. The highest BCUT2D eigenvalue weighted by molar-refractivity contribution is 6.35. The summed E-state index contributed by atoms with van der Waals surface area (Å²) in [7, 11) is 1.33. The van der Waals surface area contributed by atoms with Crippen molar-refractivity contribution < 1.29 is 28.5 Å². The molecule has 0 amide bonds. The minimum Gasteiger partial charge on any atom is -0.466 e. The molecular weight excluding hydrogens is 457 g/mol. The van der Waals surface area contributed by atoms with E-state index in [-0.39, 0.29) is 13.6 Å². The van der Waals surface area contributed by atoms with Crippen LogP contribution in [0.4, 0.5) is 0 Å². The molecule has 2 aromatic carbocycles. The zero-order valence-corrected chi connectivity index (χ0v) is 19.7. The van der Waals surface area contributed by atoms with Gasteiger partial charge in [0.05, 0.1) is 24.2 Å². The monoisotopic (exact) mass is 481 g/mol. The number of carbonyl (C=O) groups is 1. The zero-order chi connectivity index (χ0) is 23.1. The molecule has 0 aliphatic heterocycles. The number of esters is 1. The van der Waals surface area contributed by atoms with Crippen molar-refractivity contribution in [3.63, 3.8) is 0 Å². The van der Waals surface area contributed by atoms with Gasteiger partial charge in [0, 0.05) is 35.4 Å². The molecule has 172 valence electrons. The minimum atomic E-state index is -0.487. The molecule has 3 aromatic rings. The fourth-order valence-corrected chi connectivity index (χ4v) is 3.84. The van der Waals surface area contributed by atoms with Crippen molar-refractivity contribution >= 4 is 40.1 Å². The highest BCUT2D eigenvalue weighted by atomic mass is 35.5. The first-order chi connectivity index (χ1) is 15.5. The van der Waals surface area contributed by atoms with Gasteiger partial charge in [0.2, 0.25) is 0 Å². The lowest BCUT2D eigenvalue weighted by Gasteiger charge is -2.16. The van der Waals surface area contributed by atoms with Gasteiger partial charge >= 0.3 is 5.97 Å². The van der Waals surface area contributed by atoms with E-state index in [0.29, 0.717) is 46.9 Å². The molecule has 0 radical (unpaired) electrons. The second-order valence-electron chi connectivity index (χ2n) is 6.70. The second kappa shape index (κ2) is 11.4. The van der Waals surface area contributed by atoms with Crippen LogP contribution in [0.5, 0.6) is 11.5 Å². The summed E-state index contributed by atoms with van der Waals surface area (Å²) < 4.78 is 29.0. The second-order valence-corrected chi connectivity index (χ2v) is 7.54. The fourth-order valence-electron chi connectivity index (χ4n) is 3.25. The molecule has 0 fully saturated rings. The molecule has 7 nitrogen and oxygen atoms in total. The number of aromatic nitrogens is 1. The van der Waals surface area contributed by atoms with Gasteiger partial charge in [0.1, 0.15) is 17.1 Å². The van der Waals surface area contributed by atoms with E-state index < -0.39 is 5.97 Å². The number of fused-ring (bicyclic) bond motifs is 1. The molecular formula is C23H25Cl2NO6. The molecule has 32 heavy (non-hydrogen) atoms. The largest absolute Gasteiger partial charge is 0.466 e. The lowest BCUT2D eigenvalue weighted by molar-refractivity contribution is 0.0217. The quantitative estimate of drug-likeness (QED) is 0.204. The third kappa shape index (κ3) is 5.48. The van der Waals surface area contributed by atoms with Crippen LogP contribution in [0.15, 0.2) is 36.5 Å². The molecule has 0 saturated carbocycles. The first-order valence-electron chi connectivity index (χ1n) is 10.1. The highest BCUT2D eigenvalue weighted by Crippen LogP contribution is 2.36. The van der Waals surface area contributed by atoms with Crippen molar-refractivity contribution in [3.8, 4) is 11.5 Å². The summed E-state index contributed by atoms with van der Waals surface area (Å²) in [6.45, 7) is 5.28. The van der Waals surface area contributed by atoms with E-state index in [9.17, 15) is 4.79 Å². The topological polar surface area (TPSA) is 68.2 Å². The Hall–Kier alpha value is -2.45. The first kappa shape index (κ1) is 24.2. The van der Waals surface area contributed by atoms with Gasteiger partial charge in [-0.25, -0.2) is 4.79 Å². The molecule has 0 spiro atoms. The van der Waals surface area contributed by atoms with E-state index in [4.69, 9.17) is 46.9 Å². The number of hydrogen-bond acceptors (Lipinski definition) is 6. The smallest absolute Gasteiger partial charge is 0.341 e. The van der Waals surface area contributed by atoms with E-state index >= 15 is 0 Å². The van der Waals surface area contributed by atoms with Crippen molar-refractivity contribution in [2.45, 2.75) is 20.4 Å². The molecule has 1 aromatic heterocycles. The van der Waals surface area contributed by atoms with Crippen LogP contribution >= 0.6 is 23.2 Å². The third-order valence-electron chi connectivity index (χ3n) is 4.72. The Morgan fingerprint density at radius 3 is 2.31 bits per heavy atom. The van der Waals surface area contributed by atoms with E-state index in [1.807, 2.05) is 36.7 Å². The third-order valence-corrected chi connectivity index (χ3v) is 5.22. The van der Waals surface area contributed by atoms with Crippen LogP contribution < -0.4 is 9.47 Å². The molecule has 0 N–H and O–H groups in total. The molecule has 0 unspecified atom stereocenters. The Labute approximate surface area is 196 Å². The number of carbonyl (C=O) groups excluding carboxylic acids is 1. The fraction of sp³-hybridized carbons (Fsp3) is 0.348. The van der Waals surface area contributed by atoms with Crippen LogP contribution in [0.1, 0.15) is 29.8 Å². The summed E-state index contributed by atoms with van der Waals surface area (Å²) >= 11 is 12.6. The molecule has 0 saturated heterocycles. The van der Waals surface area contributed by atoms with Crippen molar-refractivity contribution in [3.05, 3.63) is 57.7 Å². The summed E-state index contributed by atoms with van der Waals surface area (Å²) in [6.07, 6.45) is 1.89. The summed E-state index contributed by atoms with van der Waals surface area (Å²) in [4.78, 5) is 12.2. The SMILES string of the molecule is CCOCOc1c(Cl)cc(Cl)cc1Cn1ccc2c(OCOCC)c(C(=O)OC)ccc21. The lowest BCUT2D eigenvalue weighted by atomic mass is 10.1. The molecule has 9 heteroatoms. The molecule has 3 rings (SSSR count). The van der Waals surface area contributed by atoms with Crippen LogP contribution in [0, 0.1) is 0 Å². The Kier molecular flexibility index (Phi) is 8.64. The average Bonchev–Trinajstić information content (AvgIpc) is 3.18. The number of rotatable bonds is 11. The summed E-state index contributed by atoms with van der Waals surface area (Å²) in [5, 5.41) is 1.65. The Bertz CT molecular complexity index is 1080. The number of nitrogens with zero attached hydrogens (tertiary/aromatic N) is 1. The van der Waals surface area contributed by atoms with E-state index in [0.717, 1.165) is 16.5 Å². The Morgan fingerprint density at radius 2 is 1.66 bits per heavy atom. The van der Waals surface area contributed by atoms with Crippen LogP contribution in [0.25, 0.3) is 10.9 Å². The zero-order valence-electron chi connectivity index (χ0n) is 18.2. The molecule has 1 heterocycles. The maximum atomic E-state index is 12.2. The summed E-state index contributed by atoms with van der Waals surface area (Å²) in [6, 6.07) is 8.81. The van der Waals surface area contributed by atoms with Crippen LogP contribution in [-0.2, 0) is 20.8 Å². The Morgan fingerprint density at radius 1 is 0.969 bits per heavy atom. The maximum Gasteiger partial charge on any atom is 0.341 e. The van der Waals surface area contributed by atoms with Gasteiger partial charge in [-0.3, -0.25) is 0 Å². The van der Waals surface area contributed by atoms with Crippen molar-refractivity contribution in [2.75, 3.05) is 33.9 Å². The van der Waals surface area contributed by atoms with Crippen molar-refractivity contribution in [2.24, 2.45) is 0 Å². The van der Waals surface area contributed by atoms with Gasteiger partial charge in [-0.1, -0.05) is 23.2 Å². The van der Waals surface area contributed by atoms with Gasteiger partial charge in [0.15, 0.2) is 13.6 Å². The van der Waals surface area contributed by atoms with Gasteiger partial charge in [-0.15, -0.1) is 0 Å². The predicted molar refractivity (Wildman–Crippen MR) is 123 cm³/mol. The van der Waals surface area contributed by atoms with Gasteiger partial charge < -0.3 is 28.3 Å². The van der Waals surface area contributed by atoms with Gasteiger partial charge in [-0.05, 0) is 44.2 Å². The van der Waals surface area contributed by atoms with Crippen LogP contribution in [-0.4, -0.2) is 44.4 Å². The predicted octanol–water partition coefficient (Wildman–Crippen LogP) is 5.53. The highest BCUT2D eigenvalue weighted by Gasteiger charge is 2.19. The number of ether oxygens (including phenoxy) is 5. The maximum absolute atomic E-state index is 12.2. The normalized spacial score (nSPS) is 11.0. The summed E-state index contributed by atoms with van der Waals surface area (Å²) in [5.41, 5.74) is 1.95. The molecule has 0 aliphatic carbocycles. The van der Waals surface area contributed by atoms with E-state index in [2.05, 4.69) is 0 Å². The van der Waals surface area contributed by atoms with Gasteiger partial charge in [-0.2, -0.15) is 0 Å². The van der Waals surface area contributed by atoms with E-state index in [1.165, 1.54) is 7.11 Å². The van der Waals surface area contributed by atoms with Crippen LogP contribution in [0.3, 0.4) is 0 Å². The molecule has 0 bridgehead atoms. The first-order valence-corrected chi connectivity index (χ1v) is 10.8. The number of benzene rings is 2. The Balaban J connectivity index is 2.00. The van der Waals surface area contributed by atoms with Crippen LogP contribution in [0.2, 0.25) is 10.0 Å². The number of hydrogen-bond donors (Lipinski definition) is 0.